The molecule has 1 aliphatic heterocycles. The van der Waals surface area contributed by atoms with Crippen LogP contribution in [0.5, 0.6) is 11.5 Å². The fourth-order valence-electron chi connectivity index (χ4n) is 3.31. The number of phenols is 1. The zero-order valence-electron chi connectivity index (χ0n) is 15.5. The van der Waals surface area contributed by atoms with E-state index >= 15 is 0 Å². The Morgan fingerprint density at radius 1 is 1.18 bits per heavy atom. The van der Waals surface area contributed by atoms with Crippen LogP contribution in [-0.4, -0.2) is 40.5 Å². The highest BCUT2D eigenvalue weighted by atomic mass is 35.5. The number of likely N-dealkylation sites (tertiary alicyclic amines) is 1. The summed E-state index contributed by atoms with van der Waals surface area (Å²) in [6.07, 6.45) is 0.640. The number of aromatic hydroxyl groups is 1. The molecule has 6 nitrogen and oxygen atoms in total. The minimum atomic E-state index is -0.775. The number of rotatable bonds is 5. The van der Waals surface area contributed by atoms with Gasteiger partial charge in [-0.15, -0.1) is 0 Å². The van der Waals surface area contributed by atoms with Gasteiger partial charge in [-0.25, -0.2) is 0 Å². The van der Waals surface area contributed by atoms with Crippen LogP contribution >= 0.6 is 11.6 Å². The molecule has 2 aromatic carbocycles. The molecule has 0 aromatic heterocycles. The maximum atomic E-state index is 12.8. The van der Waals surface area contributed by atoms with Crippen molar-refractivity contribution in [3.63, 3.8) is 0 Å². The first-order valence-corrected chi connectivity index (χ1v) is 9.18. The van der Waals surface area contributed by atoms with Gasteiger partial charge in [-0.1, -0.05) is 30.7 Å². The SMILES string of the molecule is CCCN1C(=O)C(=O)/C(=C(/O)c2cc(OC)ccc2Cl)C1c1ccc(O)cc1. The molecule has 0 bridgehead atoms. The van der Waals surface area contributed by atoms with Gasteiger partial charge in [-0.2, -0.15) is 0 Å². The molecule has 1 aliphatic rings. The summed E-state index contributed by atoms with van der Waals surface area (Å²) in [5.41, 5.74) is 0.768. The summed E-state index contributed by atoms with van der Waals surface area (Å²) in [5.74, 6) is -1.30. The summed E-state index contributed by atoms with van der Waals surface area (Å²) in [7, 11) is 1.48. The standard InChI is InChI=1S/C21H20ClNO5/c1-3-10-23-18(12-4-6-13(24)7-5-12)17(20(26)21(23)27)19(25)15-11-14(28-2)8-9-16(15)22/h4-9,11,18,24-25H,3,10H2,1-2H3/b19-17+. The molecule has 28 heavy (non-hydrogen) atoms. The van der Waals surface area contributed by atoms with Crippen LogP contribution in [0.1, 0.15) is 30.5 Å². The highest BCUT2D eigenvalue weighted by Gasteiger charge is 2.45. The van der Waals surface area contributed by atoms with E-state index in [0.717, 1.165) is 0 Å². The third-order valence-electron chi connectivity index (χ3n) is 4.64. The quantitative estimate of drug-likeness (QED) is 0.451. The molecule has 1 amide bonds. The number of halogens is 1. The van der Waals surface area contributed by atoms with Gasteiger partial charge < -0.3 is 19.8 Å². The van der Waals surface area contributed by atoms with Crippen LogP contribution in [0.2, 0.25) is 5.02 Å². The van der Waals surface area contributed by atoms with Gasteiger partial charge in [0, 0.05) is 12.1 Å². The first kappa shape index (κ1) is 19.8. The Kier molecular flexibility index (Phi) is 5.61. The molecule has 0 radical (unpaired) electrons. The fraction of sp³-hybridized carbons (Fsp3) is 0.238. The minimum Gasteiger partial charge on any atom is -0.508 e. The van der Waals surface area contributed by atoms with Crippen molar-refractivity contribution in [2.24, 2.45) is 0 Å². The fourth-order valence-corrected chi connectivity index (χ4v) is 3.52. The Balaban J connectivity index is 2.22. The van der Waals surface area contributed by atoms with Crippen LogP contribution in [0.15, 0.2) is 48.0 Å². The second-order valence-corrected chi connectivity index (χ2v) is 6.84. The van der Waals surface area contributed by atoms with Crippen LogP contribution in [0.3, 0.4) is 0 Å². The van der Waals surface area contributed by atoms with Crippen LogP contribution in [0.4, 0.5) is 0 Å². The predicted molar refractivity (Wildman–Crippen MR) is 105 cm³/mol. The molecule has 1 atom stereocenters. The molecule has 1 unspecified atom stereocenters. The van der Waals surface area contributed by atoms with E-state index in [1.54, 1.807) is 24.3 Å². The van der Waals surface area contributed by atoms with Crippen molar-refractivity contribution < 1.29 is 24.5 Å². The van der Waals surface area contributed by atoms with E-state index in [9.17, 15) is 19.8 Å². The highest BCUT2D eigenvalue weighted by Crippen LogP contribution is 2.41. The number of ketones is 1. The molecule has 146 valence electrons. The number of hydrogen-bond acceptors (Lipinski definition) is 5. The van der Waals surface area contributed by atoms with Gasteiger partial charge in [0.15, 0.2) is 0 Å². The van der Waals surface area contributed by atoms with Gasteiger partial charge in [-0.05, 0) is 42.3 Å². The number of ether oxygens (including phenoxy) is 1. The zero-order chi connectivity index (χ0) is 20.4. The molecule has 2 aromatic rings. The summed E-state index contributed by atoms with van der Waals surface area (Å²) in [6, 6.07) is 10.1. The third kappa shape index (κ3) is 3.43. The van der Waals surface area contributed by atoms with Crippen molar-refractivity contribution in [2.75, 3.05) is 13.7 Å². The smallest absolute Gasteiger partial charge is 0.295 e. The van der Waals surface area contributed by atoms with Crippen LogP contribution in [0, 0.1) is 0 Å². The molecule has 3 rings (SSSR count). The van der Waals surface area contributed by atoms with Crippen LogP contribution < -0.4 is 4.74 Å². The van der Waals surface area contributed by atoms with E-state index in [2.05, 4.69) is 0 Å². The average molecular weight is 402 g/mol. The zero-order valence-corrected chi connectivity index (χ0v) is 16.2. The molecule has 1 heterocycles. The lowest BCUT2D eigenvalue weighted by Gasteiger charge is -2.25. The van der Waals surface area contributed by atoms with Crippen molar-refractivity contribution in [1.29, 1.82) is 0 Å². The Labute approximate surface area is 167 Å². The van der Waals surface area contributed by atoms with Crippen molar-refractivity contribution >= 4 is 29.1 Å². The maximum Gasteiger partial charge on any atom is 0.295 e. The van der Waals surface area contributed by atoms with E-state index in [1.807, 2.05) is 6.92 Å². The average Bonchev–Trinajstić information content (AvgIpc) is 2.94. The number of amides is 1. The molecular weight excluding hydrogens is 382 g/mol. The van der Waals surface area contributed by atoms with E-state index in [-0.39, 0.29) is 27.7 Å². The highest BCUT2D eigenvalue weighted by molar-refractivity contribution is 6.47. The summed E-state index contributed by atoms with van der Waals surface area (Å²) >= 11 is 6.23. The number of Topliss-reactive ketones (excluding diaryl/α,β-unsaturated/α-hetero) is 1. The van der Waals surface area contributed by atoms with E-state index in [0.29, 0.717) is 24.3 Å². The van der Waals surface area contributed by atoms with Crippen molar-refractivity contribution in [1.82, 2.24) is 4.90 Å². The van der Waals surface area contributed by atoms with Gasteiger partial charge in [0.05, 0.1) is 23.7 Å². The second kappa shape index (κ2) is 7.94. The molecule has 7 heteroatoms. The Hall–Kier alpha value is -2.99. The lowest BCUT2D eigenvalue weighted by atomic mass is 9.95. The summed E-state index contributed by atoms with van der Waals surface area (Å²) in [5, 5.41) is 20.8. The summed E-state index contributed by atoms with van der Waals surface area (Å²) in [6.45, 7) is 2.24. The number of phenolic OH excluding ortho intramolecular Hbond substituents is 1. The topological polar surface area (TPSA) is 87.1 Å². The Morgan fingerprint density at radius 3 is 2.46 bits per heavy atom. The molecule has 0 saturated carbocycles. The molecular formula is C21H20ClNO5. The first-order valence-electron chi connectivity index (χ1n) is 8.80. The normalized spacial score (nSPS) is 18.5. The van der Waals surface area contributed by atoms with Gasteiger partial charge in [0.25, 0.3) is 11.7 Å². The first-order chi connectivity index (χ1) is 13.4. The largest absolute Gasteiger partial charge is 0.508 e. The number of carbonyl (C=O) groups is 2. The van der Waals surface area contributed by atoms with E-state index in [4.69, 9.17) is 16.3 Å². The molecule has 0 aliphatic carbocycles. The van der Waals surface area contributed by atoms with Crippen molar-refractivity contribution in [3.05, 3.63) is 64.2 Å². The lowest BCUT2D eigenvalue weighted by Crippen LogP contribution is -2.30. The van der Waals surface area contributed by atoms with E-state index in [1.165, 1.54) is 30.2 Å². The number of nitrogens with zero attached hydrogens (tertiary/aromatic N) is 1. The predicted octanol–water partition coefficient (Wildman–Crippen LogP) is 3.89. The Morgan fingerprint density at radius 2 is 1.86 bits per heavy atom. The minimum absolute atomic E-state index is 0.0423. The number of methoxy groups -OCH3 is 1. The van der Waals surface area contributed by atoms with Crippen molar-refractivity contribution in [2.45, 2.75) is 19.4 Å². The third-order valence-corrected chi connectivity index (χ3v) is 4.97. The summed E-state index contributed by atoms with van der Waals surface area (Å²) in [4.78, 5) is 26.8. The maximum absolute atomic E-state index is 12.8. The molecule has 1 saturated heterocycles. The second-order valence-electron chi connectivity index (χ2n) is 6.43. The number of hydrogen-bond donors (Lipinski definition) is 2. The number of aliphatic hydroxyl groups excluding tert-OH is 1. The van der Waals surface area contributed by atoms with Gasteiger partial charge >= 0.3 is 0 Å². The van der Waals surface area contributed by atoms with E-state index < -0.39 is 17.7 Å². The van der Waals surface area contributed by atoms with Crippen LogP contribution in [0.25, 0.3) is 5.76 Å². The molecule has 0 spiro atoms. The van der Waals surface area contributed by atoms with Gasteiger partial charge in [0.1, 0.15) is 17.3 Å². The molecule has 2 N–H and O–H groups in total. The number of aliphatic hydroxyl groups is 1. The van der Waals surface area contributed by atoms with Gasteiger partial charge in [0.2, 0.25) is 0 Å². The molecule has 1 fully saturated rings. The number of benzene rings is 2. The Bertz CT molecular complexity index is 952. The number of carbonyl (C=O) groups excluding carboxylic acids is 2. The monoisotopic (exact) mass is 401 g/mol. The van der Waals surface area contributed by atoms with Crippen LogP contribution in [-0.2, 0) is 9.59 Å². The van der Waals surface area contributed by atoms with Gasteiger partial charge in [-0.3, -0.25) is 9.59 Å². The van der Waals surface area contributed by atoms with Crippen molar-refractivity contribution in [3.8, 4) is 11.5 Å². The summed E-state index contributed by atoms with van der Waals surface area (Å²) < 4.78 is 5.17. The lowest BCUT2D eigenvalue weighted by molar-refractivity contribution is -0.139.